The fourth-order valence-corrected chi connectivity index (χ4v) is 2.08. The molecule has 2 aromatic carbocycles. The van der Waals surface area contributed by atoms with Crippen LogP contribution in [0.5, 0.6) is 0 Å². The number of carbonyl (C=O) groups is 1. The third-order valence-electron chi connectivity index (χ3n) is 3.03. The largest absolute Gasteiger partial charge is 0.342 e. The second kappa shape index (κ2) is 5.97. The first-order valence-electron chi connectivity index (χ1n) is 6.23. The van der Waals surface area contributed by atoms with Crippen LogP contribution in [0, 0.1) is 10.1 Å². The highest BCUT2D eigenvalue weighted by atomic mass is 16.6. The number of anilines is 2. The lowest BCUT2D eigenvalue weighted by atomic mass is 10.1. The molecule has 102 valence electrons. The van der Waals surface area contributed by atoms with Crippen LogP contribution in [-0.2, 0) is 0 Å². The van der Waals surface area contributed by atoms with Crippen molar-refractivity contribution in [3.8, 4) is 0 Å². The molecule has 0 saturated carbocycles. The number of aldehydes is 1. The maximum Gasteiger partial charge on any atom is 0.281 e. The zero-order valence-corrected chi connectivity index (χ0v) is 11.0. The second-order valence-corrected chi connectivity index (χ2v) is 4.20. The van der Waals surface area contributed by atoms with Gasteiger partial charge in [0.1, 0.15) is 0 Å². The highest BCUT2D eigenvalue weighted by Gasteiger charge is 2.16. The highest BCUT2D eigenvalue weighted by molar-refractivity contribution is 5.83. The van der Waals surface area contributed by atoms with Crippen molar-refractivity contribution >= 4 is 23.3 Å². The van der Waals surface area contributed by atoms with Gasteiger partial charge in [0, 0.05) is 24.0 Å². The number of rotatable bonds is 5. The molecule has 0 aliphatic heterocycles. The van der Waals surface area contributed by atoms with Crippen molar-refractivity contribution in [2.75, 3.05) is 11.4 Å². The first-order valence-corrected chi connectivity index (χ1v) is 6.23. The Kier molecular flexibility index (Phi) is 4.10. The number of carbonyl (C=O) groups excluding carboxylic acids is 1. The van der Waals surface area contributed by atoms with Crippen molar-refractivity contribution in [2.24, 2.45) is 0 Å². The molecule has 0 N–H and O–H groups in total. The van der Waals surface area contributed by atoms with E-state index in [1.54, 1.807) is 6.07 Å². The van der Waals surface area contributed by atoms with Crippen LogP contribution >= 0.6 is 0 Å². The average molecular weight is 270 g/mol. The number of nitro benzene ring substituents is 1. The van der Waals surface area contributed by atoms with Gasteiger partial charge in [0.2, 0.25) is 0 Å². The summed E-state index contributed by atoms with van der Waals surface area (Å²) in [6.45, 7) is 2.63. The van der Waals surface area contributed by atoms with Gasteiger partial charge in [0.15, 0.2) is 6.29 Å². The Morgan fingerprint density at radius 2 is 1.85 bits per heavy atom. The quantitative estimate of drug-likeness (QED) is 0.473. The Morgan fingerprint density at radius 1 is 1.15 bits per heavy atom. The summed E-state index contributed by atoms with van der Waals surface area (Å²) in [4.78, 5) is 23.3. The van der Waals surface area contributed by atoms with E-state index in [9.17, 15) is 14.9 Å². The van der Waals surface area contributed by atoms with Crippen molar-refractivity contribution in [3.05, 3.63) is 64.2 Å². The van der Waals surface area contributed by atoms with Gasteiger partial charge in [-0.25, -0.2) is 0 Å². The molecule has 0 spiro atoms. The van der Waals surface area contributed by atoms with Gasteiger partial charge in [0.05, 0.1) is 10.5 Å². The summed E-state index contributed by atoms with van der Waals surface area (Å²) >= 11 is 0. The standard InChI is InChI=1S/C15H14N2O3/c1-2-16(13-6-4-3-5-7-13)14-9-8-12(11-18)15(10-14)17(19)20/h3-11H,2H2,1H3. The first kappa shape index (κ1) is 13.7. The van der Waals surface area contributed by atoms with Crippen LogP contribution in [0.25, 0.3) is 0 Å². The molecule has 0 heterocycles. The fraction of sp³-hybridized carbons (Fsp3) is 0.133. The summed E-state index contributed by atoms with van der Waals surface area (Å²) in [6.07, 6.45) is 0.501. The van der Waals surface area contributed by atoms with Crippen LogP contribution in [0.1, 0.15) is 17.3 Å². The molecule has 0 bridgehead atoms. The first-order chi connectivity index (χ1) is 9.67. The normalized spacial score (nSPS) is 10.1. The Hall–Kier alpha value is -2.69. The zero-order valence-electron chi connectivity index (χ0n) is 11.0. The van der Waals surface area contributed by atoms with Gasteiger partial charge in [-0.2, -0.15) is 0 Å². The highest BCUT2D eigenvalue weighted by Crippen LogP contribution is 2.29. The molecule has 0 aliphatic carbocycles. The predicted octanol–water partition coefficient (Wildman–Crippen LogP) is 3.57. The van der Waals surface area contributed by atoms with Crippen LogP contribution in [0.2, 0.25) is 0 Å². The van der Waals surface area contributed by atoms with E-state index in [0.717, 1.165) is 5.69 Å². The van der Waals surface area contributed by atoms with E-state index >= 15 is 0 Å². The molecular weight excluding hydrogens is 256 g/mol. The Morgan fingerprint density at radius 3 is 2.40 bits per heavy atom. The van der Waals surface area contributed by atoms with Gasteiger partial charge in [-0.3, -0.25) is 14.9 Å². The van der Waals surface area contributed by atoms with E-state index in [1.165, 1.54) is 12.1 Å². The van der Waals surface area contributed by atoms with E-state index in [1.807, 2.05) is 42.2 Å². The Labute approximate surface area is 116 Å². The number of benzene rings is 2. The molecule has 0 fully saturated rings. The molecule has 0 atom stereocenters. The minimum Gasteiger partial charge on any atom is -0.342 e. The Bertz CT molecular complexity index is 626. The predicted molar refractivity (Wildman–Crippen MR) is 77.6 cm³/mol. The number of hydrogen-bond acceptors (Lipinski definition) is 4. The lowest BCUT2D eigenvalue weighted by molar-refractivity contribution is -0.385. The van der Waals surface area contributed by atoms with Crippen LogP contribution in [0.15, 0.2) is 48.5 Å². The molecule has 2 rings (SSSR count). The fourth-order valence-electron chi connectivity index (χ4n) is 2.08. The summed E-state index contributed by atoms with van der Waals surface area (Å²) < 4.78 is 0. The molecule has 2 aromatic rings. The molecule has 0 saturated heterocycles. The molecule has 0 radical (unpaired) electrons. The minimum atomic E-state index is -0.536. The lowest BCUT2D eigenvalue weighted by Crippen LogP contribution is -2.16. The third-order valence-corrected chi connectivity index (χ3v) is 3.03. The Balaban J connectivity index is 2.48. The smallest absolute Gasteiger partial charge is 0.281 e. The van der Waals surface area contributed by atoms with Gasteiger partial charge in [-0.15, -0.1) is 0 Å². The van der Waals surface area contributed by atoms with E-state index in [4.69, 9.17) is 0 Å². The molecule has 20 heavy (non-hydrogen) atoms. The molecule has 5 heteroatoms. The van der Waals surface area contributed by atoms with Crippen molar-refractivity contribution in [1.82, 2.24) is 0 Å². The van der Waals surface area contributed by atoms with Gasteiger partial charge < -0.3 is 4.90 Å². The van der Waals surface area contributed by atoms with Gasteiger partial charge in [-0.1, -0.05) is 18.2 Å². The topological polar surface area (TPSA) is 63.5 Å². The number of nitro groups is 1. The van der Waals surface area contributed by atoms with E-state index in [0.29, 0.717) is 18.5 Å². The summed E-state index contributed by atoms with van der Waals surface area (Å²) in [5.74, 6) is 0. The van der Waals surface area contributed by atoms with Crippen LogP contribution < -0.4 is 4.90 Å². The van der Waals surface area contributed by atoms with Crippen LogP contribution in [-0.4, -0.2) is 17.8 Å². The monoisotopic (exact) mass is 270 g/mol. The zero-order chi connectivity index (χ0) is 14.5. The average Bonchev–Trinajstić information content (AvgIpc) is 2.49. The van der Waals surface area contributed by atoms with Crippen LogP contribution in [0.3, 0.4) is 0 Å². The molecule has 0 amide bonds. The maximum atomic E-state index is 11.0. The van der Waals surface area contributed by atoms with E-state index in [2.05, 4.69) is 0 Å². The minimum absolute atomic E-state index is 0.0860. The molecule has 0 aliphatic rings. The number of hydrogen-bond donors (Lipinski definition) is 0. The number of nitrogens with zero attached hydrogens (tertiary/aromatic N) is 2. The molecular formula is C15H14N2O3. The van der Waals surface area contributed by atoms with Crippen molar-refractivity contribution < 1.29 is 9.72 Å². The maximum absolute atomic E-state index is 11.0. The summed E-state index contributed by atoms with van der Waals surface area (Å²) in [7, 11) is 0. The SMILES string of the molecule is CCN(c1ccccc1)c1ccc(C=O)c([N+](=O)[O-])c1. The van der Waals surface area contributed by atoms with Crippen molar-refractivity contribution in [3.63, 3.8) is 0 Å². The van der Waals surface area contributed by atoms with Gasteiger partial charge in [-0.05, 0) is 31.2 Å². The summed E-state index contributed by atoms with van der Waals surface area (Å²) in [6, 6.07) is 14.2. The molecule has 5 nitrogen and oxygen atoms in total. The van der Waals surface area contributed by atoms with Crippen LogP contribution in [0.4, 0.5) is 17.1 Å². The number of para-hydroxylation sites is 1. The van der Waals surface area contributed by atoms with Gasteiger partial charge in [0.25, 0.3) is 5.69 Å². The van der Waals surface area contributed by atoms with E-state index in [-0.39, 0.29) is 11.3 Å². The van der Waals surface area contributed by atoms with Gasteiger partial charge >= 0.3 is 0 Å². The summed E-state index contributed by atoms with van der Waals surface area (Å²) in [5, 5.41) is 11.0. The molecule has 0 unspecified atom stereocenters. The van der Waals surface area contributed by atoms with Crippen molar-refractivity contribution in [1.29, 1.82) is 0 Å². The lowest BCUT2D eigenvalue weighted by Gasteiger charge is -2.23. The molecule has 0 aromatic heterocycles. The van der Waals surface area contributed by atoms with Crippen molar-refractivity contribution in [2.45, 2.75) is 6.92 Å². The van der Waals surface area contributed by atoms with E-state index < -0.39 is 4.92 Å². The summed E-state index contributed by atoms with van der Waals surface area (Å²) in [5.41, 5.74) is 1.55. The second-order valence-electron chi connectivity index (χ2n) is 4.20. The third kappa shape index (κ3) is 2.66.